The summed E-state index contributed by atoms with van der Waals surface area (Å²) in [5.74, 6) is 1.91. The van der Waals surface area contributed by atoms with Gasteiger partial charge in [0.1, 0.15) is 18.1 Å². The van der Waals surface area contributed by atoms with E-state index < -0.39 is 0 Å². The summed E-state index contributed by atoms with van der Waals surface area (Å²) in [6.45, 7) is 11.9. The number of hydrogen-bond acceptors (Lipinski definition) is 4. The third-order valence-electron chi connectivity index (χ3n) is 5.26. The monoisotopic (exact) mass is 368 g/mol. The number of nitrogens with one attached hydrogen (secondary N) is 1. The maximum atomic E-state index is 5.92. The molecule has 0 spiro atoms. The van der Waals surface area contributed by atoms with Crippen LogP contribution < -0.4 is 14.8 Å². The van der Waals surface area contributed by atoms with Gasteiger partial charge in [-0.1, -0.05) is 32.0 Å². The molecule has 146 valence electrons. The molecule has 0 aliphatic carbocycles. The third-order valence-corrected chi connectivity index (χ3v) is 5.26. The summed E-state index contributed by atoms with van der Waals surface area (Å²) >= 11 is 0. The second-order valence-electron chi connectivity index (χ2n) is 6.88. The van der Waals surface area contributed by atoms with Crippen LogP contribution in [-0.4, -0.2) is 44.3 Å². The zero-order chi connectivity index (χ0) is 19.1. The van der Waals surface area contributed by atoms with Crippen LogP contribution in [0.2, 0.25) is 0 Å². The molecule has 2 aromatic carbocycles. The normalized spacial score (nSPS) is 16.2. The van der Waals surface area contributed by atoms with E-state index in [1.54, 1.807) is 0 Å². The van der Waals surface area contributed by atoms with Crippen LogP contribution in [0.1, 0.15) is 43.5 Å². The molecule has 1 aliphatic rings. The predicted molar refractivity (Wildman–Crippen MR) is 111 cm³/mol. The van der Waals surface area contributed by atoms with E-state index in [9.17, 15) is 0 Å². The molecular weight excluding hydrogens is 336 g/mol. The van der Waals surface area contributed by atoms with Crippen LogP contribution in [0.5, 0.6) is 11.5 Å². The summed E-state index contributed by atoms with van der Waals surface area (Å²) in [7, 11) is 0. The quantitative estimate of drug-likeness (QED) is 0.724. The van der Waals surface area contributed by atoms with Gasteiger partial charge in [-0.25, -0.2) is 0 Å². The maximum Gasteiger partial charge on any atom is 0.119 e. The Kier molecular flexibility index (Phi) is 7.13. The first-order chi connectivity index (χ1) is 13.2. The van der Waals surface area contributed by atoms with E-state index in [4.69, 9.17) is 9.47 Å². The Morgan fingerprint density at radius 1 is 0.963 bits per heavy atom. The summed E-state index contributed by atoms with van der Waals surface area (Å²) in [5, 5.41) is 3.65. The molecule has 2 aromatic rings. The fraction of sp³-hybridized carbons (Fsp3) is 0.478. The largest absolute Gasteiger partial charge is 0.494 e. The zero-order valence-electron chi connectivity index (χ0n) is 16.8. The molecule has 4 heteroatoms. The van der Waals surface area contributed by atoms with E-state index in [-0.39, 0.29) is 6.04 Å². The van der Waals surface area contributed by atoms with E-state index in [0.29, 0.717) is 6.61 Å². The van der Waals surface area contributed by atoms with Gasteiger partial charge < -0.3 is 19.7 Å². The molecule has 0 radical (unpaired) electrons. The van der Waals surface area contributed by atoms with Crippen molar-refractivity contribution in [2.45, 2.75) is 33.2 Å². The van der Waals surface area contributed by atoms with E-state index in [1.807, 2.05) is 6.92 Å². The molecule has 1 N–H and O–H groups in total. The van der Waals surface area contributed by atoms with Crippen molar-refractivity contribution >= 4 is 0 Å². The molecule has 0 bridgehead atoms. The van der Waals surface area contributed by atoms with Gasteiger partial charge in [0, 0.05) is 13.1 Å². The number of rotatable bonds is 9. The van der Waals surface area contributed by atoms with Crippen molar-refractivity contribution in [3.8, 4) is 11.5 Å². The Bertz CT molecular complexity index is 711. The van der Waals surface area contributed by atoms with Gasteiger partial charge >= 0.3 is 0 Å². The molecule has 0 amide bonds. The summed E-state index contributed by atoms with van der Waals surface area (Å²) < 4.78 is 11.6. The lowest BCUT2D eigenvalue weighted by Gasteiger charge is -2.28. The molecule has 4 nitrogen and oxygen atoms in total. The third kappa shape index (κ3) is 5.02. The van der Waals surface area contributed by atoms with Gasteiger partial charge in [-0.2, -0.15) is 0 Å². The van der Waals surface area contributed by atoms with Gasteiger partial charge in [0.25, 0.3) is 0 Å². The number of fused-ring (bicyclic) bond motifs is 1. The first-order valence-corrected chi connectivity index (χ1v) is 10.2. The van der Waals surface area contributed by atoms with Crippen molar-refractivity contribution in [3.63, 3.8) is 0 Å². The Balaban J connectivity index is 1.66. The van der Waals surface area contributed by atoms with Crippen molar-refractivity contribution in [2.24, 2.45) is 0 Å². The minimum absolute atomic E-state index is 0.231. The van der Waals surface area contributed by atoms with Crippen LogP contribution in [-0.2, 0) is 6.42 Å². The highest BCUT2D eigenvalue weighted by atomic mass is 16.5. The van der Waals surface area contributed by atoms with Crippen LogP contribution in [0.4, 0.5) is 0 Å². The minimum atomic E-state index is 0.231. The average molecular weight is 369 g/mol. The van der Waals surface area contributed by atoms with Gasteiger partial charge in [-0.05, 0) is 67.4 Å². The van der Waals surface area contributed by atoms with Gasteiger partial charge in [0.15, 0.2) is 0 Å². The number of benzene rings is 2. The summed E-state index contributed by atoms with van der Waals surface area (Å²) in [6.07, 6.45) is 1.04. The van der Waals surface area contributed by atoms with Gasteiger partial charge in [0.05, 0.1) is 12.6 Å². The second kappa shape index (κ2) is 9.77. The van der Waals surface area contributed by atoms with Crippen LogP contribution in [0.25, 0.3) is 0 Å². The molecule has 0 saturated heterocycles. The standard InChI is InChI=1S/C23H32N2O2/c1-4-25(5-2)15-16-27-20-9-7-18(8-10-20)23-22-12-11-21(26-6-3)17-19(22)13-14-24-23/h7-12,17,23-24H,4-6,13-16H2,1-3H3. The van der Waals surface area contributed by atoms with E-state index in [0.717, 1.165) is 50.7 Å². The highest BCUT2D eigenvalue weighted by Crippen LogP contribution is 2.32. The van der Waals surface area contributed by atoms with Crippen molar-refractivity contribution in [1.29, 1.82) is 0 Å². The predicted octanol–water partition coefficient (Wildman–Crippen LogP) is 4.04. The average Bonchev–Trinajstić information content (AvgIpc) is 2.71. The highest BCUT2D eigenvalue weighted by molar-refractivity contribution is 5.44. The highest BCUT2D eigenvalue weighted by Gasteiger charge is 2.21. The van der Waals surface area contributed by atoms with E-state index >= 15 is 0 Å². The lowest BCUT2D eigenvalue weighted by atomic mass is 9.90. The van der Waals surface area contributed by atoms with Gasteiger partial charge in [-0.15, -0.1) is 0 Å². The number of nitrogens with zero attached hydrogens (tertiary/aromatic N) is 1. The first kappa shape index (κ1) is 19.7. The lowest BCUT2D eigenvalue weighted by Crippen LogP contribution is -2.30. The Hall–Kier alpha value is -2.04. The molecule has 0 fully saturated rings. The molecule has 0 saturated carbocycles. The lowest BCUT2D eigenvalue weighted by molar-refractivity contribution is 0.223. The summed E-state index contributed by atoms with van der Waals surface area (Å²) in [5.41, 5.74) is 4.00. The van der Waals surface area contributed by atoms with Crippen molar-refractivity contribution < 1.29 is 9.47 Å². The molecule has 1 aliphatic heterocycles. The van der Waals surface area contributed by atoms with Crippen molar-refractivity contribution in [3.05, 3.63) is 59.2 Å². The number of hydrogen-bond donors (Lipinski definition) is 1. The Morgan fingerprint density at radius 2 is 1.70 bits per heavy atom. The summed E-state index contributed by atoms with van der Waals surface area (Å²) in [4.78, 5) is 2.37. The molecular formula is C23H32N2O2. The SMILES string of the molecule is CCOc1ccc2c(c1)CCNC2c1ccc(OCCN(CC)CC)cc1. The Labute approximate surface area is 163 Å². The smallest absolute Gasteiger partial charge is 0.119 e. The van der Waals surface area contributed by atoms with Crippen LogP contribution in [0, 0.1) is 0 Å². The molecule has 0 aromatic heterocycles. The van der Waals surface area contributed by atoms with E-state index in [1.165, 1.54) is 16.7 Å². The maximum absolute atomic E-state index is 5.92. The summed E-state index contributed by atoms with van der Waals surface area (Å²) in [6, 6.07) is 15.2. The molecule has 1 atom stereocenters. The molecule has 1 heterocycles. The second-order valence-corrected chi connectivity index (χ2v) is 6.88. The topological polar surface area (TPSA) is 33.7 Å². The van der Waals surface area contributed by atoms with Gasteiger partial charge in [-0.3, -0.25) is 0 Å². The number of ether oxygens (including phenoxy) is 2. The van der Waals surface area contributed by atoms with Crippen LogP contribution in [0.3, 0.4) is 0 Å². The van der Waals surface area contributed by atoms with Crippen LogP contribution >= 0.6 is 0 Å². The molecule has 27 heavy (non-hydrogen) atoms. The van der Waals surface area contributed by atoms with Crippen molar-refractivity contribution in [2.75, 3.05) is 39.4 Å². The fourth-order valence-corrected chi connectivity index (χ4v) is 3.68. The first-order valence-electron chi connectivity index (χ1n) is 10.2. The van der Waals surface area contributed by atoms with Crippen LogP contribution in [0.15, 0.2) is 42.5 Å². The molecule has 3 rings (SSSR count). The van der Waals surface area contributed by atoms with E-state index in [2.05, 4.69) is 66.5 Å². The fourth-order valence-electron chi connectivity index (χ4n) is 3.68. The van der Waals surface area contributed by atoms with Gasteiger partial charge in [0.2, 0.25) is 0 Å². The minimum Gasteiger partial charge on any atom is -0.494 e. The van der Waals surface area contributed by atoms with Crippen molar-refractivity contribution in [1.82, 2.24) is 10.2 Å². The zero-order valence-corrected chi connectivity index (χ0v) is 16.8. The number of likely N-dealkylation sites (N-methyl/N-ethyl adjacent to an activating group) is 1. The Morgan fingerprint density at radius 3 is 2.41 bits per heavy atom. The molecule has 1 unspecified atom stereocenters.